The fourth-order valence-corrected chi connectivity index (χ4v) is 1.54. The van der Waals surface area contributed by atoms with Crippen LogP contribution >= 0.6 is 0 Å². The van der Waals surface area contributed by atoms with Crippen LogP contribution in [0, 0.1) is 0 Å². The second-order valence-corrected chi connectivity index (χ2v) is 4.18. The number of rotatable bonds is 2. The summed E-state index contributed by atoms with van der Waals surface area (Å²) in [5.74, 6) is 0.929. The second kappa shape index (κ2) is 5.66. The highest BCUT2D eigenvalue weighted by Crippen LogP contribution is 2.39. The molecule has 1 aliphatic rings. The van der Waals surface area contributed by atoms with Crippen molar-refractivity contribution in [3.8, 4) is 0 Å². The van der Waals surface area contributed by atoms with Gasteiger partial charge >= 0.3 is 0 Å². The van der Waals surface area contributed by atoms with Crippen LogP contribution in [0.15, 0.2) is 12.1 Å². The van der Waals surface area contributed by atoms with Gasteiger partial charge in [0.1, 0.15) is 5.82 Å². The quantitative estimate of drug-likeness (QED) is 0.855. The molecule has 2 N–H and O–H groups in total. The lowest BCUT2D eigenvalue weighted by molar-refractivity contribution is 0.0827. The van der Waals surface area contributed by atoms with Crippen molar-refractivity contribution < 1.29 is 4.79 Å². The summed E-state index contributed by atoms with van der Waals surface area (Å²) in [5, 5.41) is 0. The van der Waals surface area contributed by atoms with Crippen molar-refractivity contribution in [1.29, 1.82) is 0 Å². The molecule has 1 fully saturated rings. The lowest BCUT2D eigenvalue weighted by Gasteiger charge is -2.11. The van der Waals surface area contributed by atoms with Crippen molar-refractivity contribution in [2.24, 2.45) is 0 Å². The Hall–Kier alpha value is -1.58. The molecule has 0 spiro atoms. The van der Waals surface area contributed by atoms with Gasteiger partial charge in [0.25, 0.3) is 5.91 Å². The Kier molecular flexibility index (Phi) is 4.49. The van der Waals surface area contributed by atoms with E-state index in [4.69, 9.17) is 5.73 Å². The second-order valence-electron chi connectivity index (χ2n) is 4.18. The van der Waals surface area contributed by atoms with E-state index in [0.717, 1.165) is 18.5 Å². The van der Waals surface area contributed by atoms with Gasteiger partial charge < -0.3 is 10.6 Å². The Labute approximate surface area is 103 Å². The first-order valence-corrected chi connectivity index (χ1v) is 6.07. The van der Waals surface area contributed by atoms with E-state index in [1.165, 1.54) is 0 Å². The number of nitrogen functional groups attached to an aromatic ring is 1. The molecule has 1 heterocycles. The standard InChI is InChI=1S/C11H15N3O.C2H6/c1-14(2)11(15)8-5-9(7-3-4-7)13-10(12)6-8;1-2/h5-7H,3-4H2,1-2H3,(H2,12,13);1-2H3. The van der Waals surface area contributed by atoms with Crippen LogP contribution in [0.4, 0.5) is 5.82 Å². The third-order valence-corrected chi connectivity index (χ3v) is 2.51. The van der Waals surface area contributed by atoms with Gasteiger partial charge in [-0.3, -0.25) is 4.79 Å². The van der Waals surface area contributed by atoms with Crippen LogP contribution in [-0.4, -0.2) is 29.9 Å². The number of carbonyl (C=O) groups excluding carboxylic acids is 1. The Balaban J connectivity index is 0.000000686. The minimum absolute atomic E-state index is 0.0222. The molecule has 0 atom stereocenters. The summed E-state index contributed by atoms with van der Waals surface area (Å²) in [6.07, 6.45) is 2.32. The largest absolute Gasteiger partial charge is 0.384 e. The molecule has 17 heavy (non-hydrogen) atoms. The molecule has 2 rings (SSSR count). The molecule has 0 aliphatic heterocycles. The first kappa shape index (κ1) is 13.5. The summed E-state index contributed by atoms with van der Waals surface area (Å²) >= 11 is 0. The number of carbonyl (C=O) groups is 1. The summed E-state index contributed by atoms with van der Waals surface area (Å²) in [4.78, 5) is 17.5. The summed E-state index contributed by atoms with van der Waals surface area (Å²) in [5.41, 5.74) is 7.27. The van der Waals surface area contributed by atoms with Crippen molar-refractivity contribution >= 4 is 11.7 Å². The molecule has 94 valence electrons. The molecule has 0 radical (unpaired) electrons. The number of nitrogens with zero attached hydrogens (tertiary/aromatic N) is 2. The summed E-state index contributed by atoms with van der Waals surface area (Å²) < 4.78 is 0. The summed E-state index contributed by atoms with van der Waals surface area (Å²) in [6.45, 7) is 4.00. The van der Waals surface area contributed by atoms with Crippen LogP contribution < -0.4 is 5.73 Å². The van der Waals surface area contributed by atoms with Gasteiger partial charge in [-0.05, 0) is 25.0 Å². The van der Waals surface area contributed by atoms with Gasteiger partial charge in [0, 0.05) is 31.3 Å². The van der Waals surface area contributed by atoms with Crippen LogP contribution in [0.2, 0.25) is 0 Å². The molecule has 4 heteroatoms. The Bertz CT molecular complexity index is 398. The molecular formula is C13H21N3O. The first-order valence-electron chi connectivity index (χ1n) is 6.07. The Morgan fingerprint density at radius 3 is 2.41 bits per heavy atom. The van der Waals surface area contributed by atoms with Crippen LogP contribution in [-0.2, 0) is 0 Å². The minimum Gasteiger partial charge on any atom is -0.384 e. The smallest absolute Gasteiger partial charge is 0.253 e. The predicted molar refractivity (Wildman–Crippen MR) is 70.0 cm³/mol. The van der Waals surface area contributed by atoms with Crippen LogP contribution in [0.1, 0.15) is 48.7 Å². The van der Waals surface area contributed by atoms with Gasteiger partial charge in [0.05, 0.1) is 0 Å². The molecule has 4 nitrogen and oxygen atoms in total. The van der Waals surface area contributed by atoms with Crippen LogP contribution in [0.5, 0.6) is 0 Å². The number of hydrogen-bond donors (Lipinski definition) is 1. The maximum Gasteiger partial charge on any atom is 0.253 e. The number of amides is 1. The number of aromatic nitrogens is 1. The normalized spacial score (nSPS) is 13.6. The average Bonchev–Trinajstić information content (AvgIpc) is 3.13. The van der Waals surface area contributed by atoms with E-state index in [9.17, 15) is 4.79 Å². The predicted octanol–water partition coefficient (Wildman–Crippen LogP) is 2.27. The minimum atomic E-state index is -0.0222. The Morgan fingerprint density at radius 2 is 1.94 bits per heavy atom. The highest BCUT2D eigenvalue weighted by atomic mass is 16.2. The molecule has 1 aromatic rings. The number of hydrogen-bond acceptors (Lipinski definition) is 3. The van der Waals surface area contributed by atoms with Gasteiger partial charge in [-0.2, -0.15) is 0 Å². The molecule has 1 saturated carbocycles. The summed E-state index contributed by atoms with van der Waals surface area (Å²) in [6, 6.07) is 3.49. The average molecular weight is 235 g/mol. The topological polar surface area (TPSA) is 59.2 Å². The monoisotopic (exact) mass is 235 g/mol. The molecular weight excluding hydrogens is 214 g/mol. The van der Waals surface area contributed by atoms with Gasteiger partial charge in [0.15, 0.2) is 0 Å². The van der Waals surface area contributed by atoms with E-state index in [2.05, 4.69) is 4.98 Å². The van der Waals surface area contributed by atoms with Gasteiger partial charge in [-0.1, -0.05) is 13.8 Å². The van der Waals surface area contributed by atoms with Crippen LogP contribution in [0.25, 0.3) is 0 Å². The molecule has 0 bridgehead atoms. The van der Waals surface area contributed by atoms with Gasteiger partial charge in [0.2, 0.25) is 0 Å². The molecule has 1 amide bonds. The molecule has 0 aromatic carbocycles. The van der Waals surface area contributed by atoms with Gasteiger partial charge in [-0.25, -0.2) is 4.98 Å². The maximum absolute atomic E-state index is 11.7. The highest BCUT2D eigenvalue weighted by molar-refractivity contribution is 5.94. The van der Waals surface area contributed by atoms with Crippen molar-refractivity contribution in [3.05, 3.63) is 23.4 Å². The van der Waals surface area contributed by atoms with E-state index in [-0.39, 0.29) is 5.91 Å². The van der Waals surface area contributed by atoms with Crippen molar-refractivity contribution in [1.82, 2.24) is 9.88 Å². The van der Waals surface area contributed by atoms with E-state index < -0.39 is 0 Å². The molecule has 1 aromatic heterocycles. The molecule has 0 unspecified atom stereocenters. The van der Waals surface area contributed by atoms with E-state index >= 15 is 0 Å². The van der Waals surface area contributed by atoms with E-state index in [1.807, 2.05) is 19.9 Å². The fraction of sp³-hybridized carbons (Fsp3) is 0.538. The molecule has 0 saturated heterocycles. The van der Waals surface area contributed by atoms with E-state index in [0.29, 0.717) is 17.3 Å². The summed E-state index contributed by atoms with van der Waals surface area (Å²) in [7, 11) is 3.46. The highest BCUT2D eigenvalue weighted by Gasteiger charge is 2.26. The zero-order chi connectivity index (χ0) is 13.0. The third kappa shape index (κ3) is 3.44. The van der Waals surface area contributed by atoms with Crippen molar-refractivity contribution in [2.75, 3.05) is 19.8 Å². The number of anilines is 1. The number of nitrogens with two attached hydrogens (primary N) is 1. The lowest BCUT2D eigenvalue weighted by atomic mass is 10.1. The fourth-order valence-electron chi connectivity index (χ4n) is 1.54. The van der Waals surface area contributed by atoms with Gasteiger partial charge in [-0.15, -0.1) is 0 Å². The van der Waals surface area contributed by atoms with Crippen LogP contribution in [0.3, 0.4) is 0 Å². The zero-order valence-corrected chi connectivity index (χ0v) is 11.0. The molecule has 1 aliphatic carbocycles. The zero-order valence-electron chi connectivity index (χ0n) is 11.0. The van der Waals surface area contributed by atoms with E-state index in [1.54, 1.807) is 25.1 Å². The SMILES string of the molecule is CC.CN(C)C(=O)c1cc(N)nc(C2CC2)c1. The lowest BCUT2D eigenvalue weighted by Crippen LogP contribution is -2.22. The number of pyridine rings is 1. The first-order chi connectivity index (χ1) is 8.08. The van der Waals surface area contributed by atoms with Crippen molar-refractivity contribution in [2.45, 2.75) is 32.6 Å². The maximum atomic E-state index is 11.7. The Morgan fingerprint density at radius 1 is 1.35 bits per heavy atom. The van der Waals surface area contributed by atoms with Crippen molar-refractivity contribution in [3.63, 3.8) is 0 Å². The third-order valence-electron chi connectivity index (χ3n) is 2.51.